The molecule has 0 saturated carbocycles. The molecule has 6 rings (SSSR count). The number of nitrogens with zero attached hydrogens (tertiary/aromatic N) is 3. The molecule has 5 aromatic rings. The minimum absolute atomic E-state index is 0.0652. The summed E-state index contributed by atoms with van der Waals surface area (Å²) in [4.78, 5) is 91.0. The van der Waals surface area contributed by atoms with E-state index in [0.717, 1.165) is 6.92 Å². The SMILES string of the molecule is CC(=O)OCC(=O)S[C@]1([C@@H](C)OC(=O)OCc2ccc([N+](=O)[O-])cc2)CN(C(C(=O)OCc2ccc([N+](=O)[O-])cc2)=P(c2ccccc2)(c2ccccc2)c2ccccc2)C1=O. The molecule has 5 aromatic carbocycles. The lowest BCUT2D eigenvalue weighted by atomic mass is 9.91. The van der Waals surface area contributed by atoms with Crippen LogP contribution in [0.3, 0.4) is 0 Å². The molecule has 0 bridgehead atoms. The van der Waals surface area contributed by atoms with Gasteiger partial charge in [0.15, 0.2) is 11.4 Å². The first-order valence-electron chi connectivity index (χ1n) is 18.8. The number of rotatable bonds is 16. The first-order chi connectivity index (χ1) is 29.8. The summed E-state index contributed by atoms with van der Waals surface area (Å²) in [5.41, 5.74) is 0.437. The van der Waals surface area contributed by atoms with E-state index in [1.807, 2.05) is 54.6 Å². The maximum atomic E-state index is 15.2. The first kappa shape index (κ1) is 44.5. The Hall–Kier alpha value is -7.10. The van der Waals surface area contributed by atoms with Crippen molar-refractivity contribution in [3.8, 4) is 0 Å². The van der Waals surface area contributed by atoms with Crippen molar-refractivity contribution in [3.63, 3.8) is 0 Å². The predicted octanol–water partition coefficient (Wildman–Crippen LogP) is 5.82. The number of benzene rings is 5. The third-order valence-corrected chi connectivity index (χ3v) is 15.4. The Balaban J connectivity index is 1.46. The van der Waals surface area contributed by atoms with E-state index in [-0.39, 0.29) is 36.6 Å². The van der Waals surface area contributed by atoms with Crippen LogP contribution in [0.15, 0.2) is 140 Å². The van der Waals surface area contributed by atoms with Crippen LogP contribution in [0, 0.1) is 20.2 Å². The highest BCUT2D eigenvalue weighted by atomic mass is 32.2. The lowest BCUT2D eigenvalue weighted by Crippen LogP contribution is -2.73. The summed E-state index contributed by atoms with van der Waals surface area (Å²) in [6.07, 6.45) is -2.61. The smallest absolute Gasteiger partial charge is 0.457 e. The lowest BCUT2D eigenvalue weighted by molar-refractivity contribution is -0.385. The fraction of sp³-hybridized carbons (Fsp3) is 0.182. The third-order valence-electron chi connectivity index (χ3n) is 9.83. The highest BCUT2D eigenvalue weighted by Gasteiger charge is 2.62. The van der Waals surface area contributed by atoms with Crippen molar-refractivity contribution in [1.82, 2.24) is 4.90 Å². The standard InChI is InChI=1S/C44H38N3O13PS/c1-30(60-43(52)59-27-33-20-24-35(25-21-33)47(55)56)44(62-39(49)28-57-31(2)48)29-45(42(44)51)40(41(50)58-26-32-18-22-34(23-19-32)46(53)54)61(36-12-6-3-7-13-36,37-14-8-4-9-15-37)38-16-10-5-11-17-38/h3-25,30H,26-29H2,1-2H3/t30-,44+/m1/s1. The highest BCUT2D eigenvalue weighted by Crippen LogP contribution is 2.51. The fourth-order valence-electron chi connectivity index (χ4n) is 6.79. The Morgan fingerprint density at radius 2 is 1.13 bits per heavy atom. The predicted molar refractivity (Wildman–Crippen MR) is 231 cm³/mol. The summed E-state index contributed by atoms with van der Waals surface area (Å²) in [5, 5.41) is 23.7. The van der Waals surface area contributed by atoms with Gasteiger partial charge in [0.2, 0.25) is 11.0 Å². The van der Waals surface area contributed by atoms with Crippen LogP contribution in [0.4, 0.5) is 16.2 Å². The van der Waals surface area contributed by atoms with E-state index in [4.69, 9.17) is 18.9 Å². The van der Waals surface area contributed by atoms with Gasteiger partial charge in [-0.15, -0.1) is 0 Å². The number of ether oxygens (including phenoxy) is 4. The van der Waals surface area contributed by atoms with Crippen molar-refractivity contribution in [2.24, 2.45) is 0 Å². The number of carbonyl (C=O) groups is 5. The van der Waals surface area contributed by atoms with E-state index in [0.29, 0.717) is 38.8 Å². The quantitative estimate of drug-likeness (QED) is 0.0286. The second kappa shape index (κ2) is 19.5. The summed E-state index contributed by atoms with van der Waals surface area (Å²) >= 11 is 0.485. The zero-order valence-electron chi connectivity index (χ0n) is 33.2. The molecule has 0 unspecified atom stereocenters. The van der Waals surface area contributed by atoms with Gasteiger partial charge in [0.25, 0.3) is 11.4 Å². The molecule has 1 fully saturated rings. The number of nitro benzene ring substituents is 2. The number of carbonyl (C=O) groups excluding carboxylic acids is 5. The normalized spacial score (nSPS) is 15.0. The summed E-state index contributed by atoms with van der Waals surface area (Å²) < 4.78 is 20.0. The summed E-state index contributed by atoms with van der Waals surface area (Å²) in [5.74, 6) is -2.45. The van der Waals surface area contributed by atoms with Gasteiger partial charge in [0.1, 0.15) is 24.7 Å². The number of non-ortho nitro benzene ring substituents is 2. The summed E-state index contributed by atoms with van der Waals surface area (Å²) in [7, 11) is 0. The van der Waals surface area contributed by atoms with Gasteiger partial charge in [-0.25, -0.2) is 9.59 Å². The molecule has 1 heterocycles. The van der Waals surface area contributed by atoms with Crippen molar-refractivity contribution < 1.29 is 52.8 Å². The number of hydrogen-bond acceptors (Lipinski definition) is 14. The Bertz CT molecular complexity index is 2440. The Morgan fingerprint density at radius 3 is 1.53 bits per heavy atom. The van der Waals surface area contributed by atoms with Gasteiger partial charge in [0, 0.05) is 38.1 Å². The van der Waals surface area contributed by atoms with Gasteiger partial charge in [-0.3, -0.25) is 34.6 Å². The molecule has 0 radical (unpaired) electrons. The maximum Gasteiger partial charge on any atom is 0.508 e. The molecular weight excluding hydrogens is 842 g/mol. The molecule has 62 heavy (non-hydrogen) atoms. The third kappa shape index (κ3) is 9.59. The molecule has 2 atom stereocenters. The number of likely N-dealkylation sites (tertiary alicyclic amines) is 1. The molecule has 0 aromatic heterocycles. The van der Waals surface area contributed by atoms with Crippen LogP contribution in [-0.2, 0) is 51.3 Å². The van der Waals surface area contributed by atoms with Crippen LogP contribution in [0.25, 0.3) is 0 Å². The van der Waals surface area contributed by atoms with E-state index in [9.17, 15) is 34.6 Å². The van der Waals surface area contributed by atoms with E-state index in [1.54, 1.807) is 36.4 Å². The lowest BCUT2D eigenvalue weighted by Gasteiger charge is -2.51. The molecule has 318 valence electrons. The van der Waals surface area contributed by atoms with E-state index >= 15 is 9.59 Å². The second-order valence-corrected chi connectivity index (χ2v) is 18.5. The van der Waals surface area contributed by atoms with Crippen molar-refractivity contribution in [1.29, 1.82) is 0 Å². The second-order valence-electron chi connectivity index (χ2n) is 13.8. The summed E-state index contributed by atoms with van der Waals surface area (Å²) in [6, 6.07) is 38.1. The van der Waals surface area contributed by atoms with E-state index < -0.39 is 63.3 Å². The van der Waals surface area contributed by atoms with Gasteiger partial charge in [-0.1, -0.05) is 103 Å². The average Bonchev–Trinajstić information content (AvgIpc) is 3.28. The van der Waals surface area contributed by atoms with Gasteiger partial charge in [-0.2, -0.15) is 0 Å². The van der Waals surface area contributed by atoms with E-state index in [2.05, 4.69) is 0 Å². The molecule has 0 aliphatic carbocycles. The first-order valence-corrected chi connectivity index (χ1v) is 21.4. The van der Waals surface area contributed by atoms with Gasteiger partial charge in [0.05, 0.1) is 16.4 Å². The molecule has 0 spiro atoms. The van der Waals surface area contributed by atoms with Crippen molar-refractivity contribution in [2.45, 2.75) is 37.9 Å². The van der Waals surface area contributed by atoms with Gasteiger partial charge < -0.3 is 23.8 Å². The van der Waals surface area contributed by atoms with Crippen molar-refractivity contribution >= 4 is 80.5 Å². The molecule has 1 aliphatic heterocycles. The van der Waals surface area contributed by atoms with E-state index in [1.165, 1.54) is 60.4 Å². The number of hydrogen-bond donors (Lipinski definition) is 0. The van der Waals surface area contributed by atoms with Crippen LogP contribution in [0.5, 0.6) is 0 Å². The highest BCUT2D eigenvalue weighted by molar-refractivity contribution is 8.15. The van der Waals surface area contributed by atoms with Crippen molar-refractivity contribution in [3.05, 3.63) is 171 Å². The zero-order valence-corrected chi connectivity index (χ0v) is 34.9. The number of β-lactam (4-membered cyclic amide) rings is 1. The Morgan fingerprint density at radius 1 is 0.694 bits per heavy atom. The number of thioether (sulfide) groups is 1. The van der Waals surface area contributed by atoms with Gasteiger partial charge >= 0.3 is 18.1 Å². The number of amides is 1. The Kier molecular flexibility index (Phi) is 14.0. The minimum Gasteiger partial charge on any atom is -0.457 e. The maximum absolute atomic E-state index is 15.2. The molecule has 1 saturated heterocycles. The zero-order chi connectivity index (χ0) is 44.4. The molecule has 16 nitrogen and oxygen atoms in total. The van der Waals surface area contributed by atoms with Crippen LogP contribution < -0.4 is 15.9 Å². The summed E-state index contributed by atoms with van der Waals surface area (Å²) in [6.45, 7) is -2.70. The largest absolute Gasteiger partial charge is 0.508 e. The van der Waals surface area contributed by atoms with Crippen LogP contribution >= 0.6 is 18.6 Å². The van der Waals surface area contributed by atoms with Gasteiger partial charge in [-0.05, 0) is 58.2 Å². The molecular formula is C44H38N3O13PS. The fourth-order valence-corrected chi connectivity index (χ4v) is 12.3. The molecule has 0 N–H and O–H groups in total. The van der Waals surface area contributed by atoms with Crippen molar-refractivity contribution in [2.75, 3.05) is 13.2 Å². The van der Waals surface area contributed by atoms with Crippen LogP contribution in [0.2, 0.25) is 0 Å². The van der Waals surface area contributed by atoms with Crippen LogP contribution in [0.1, 0.15) is 25.0 Å². The minimum atomic E-state index is -3.43. The molecule has 18 heteroatoms. The monoisotopic (exact) mass is 879 g/mol. The number of nitro groups is 2. The molecule has 1 amide bonds. The topological polar surface area (TPSA) is 212 Å². The molecule has 1 aliphatic rings. The Labute approximate surface area is 359 Å². The van der Waals surface area contributed by atoms with Crippen LogP contribution in [-0.4, -0.2) is 73.3 Å². The average molecular weight is 880 g/mol. The number of esters is 2.